The van der Waals surface area contributed by atoms with Gasteiger partial charge in [0.1, 0.15) is 0 Å². The zero-order valence-electron chi connectivity index (χ0n) is 9.30. The van der Waals surface area contributed by atoms with Crippen LogP contribution in [0.5, 0.6) is 0 Å². The maximum Gasteiger partial charge on any atom is 0.0178 e. The van der Waals surface area contributed by atoms with E-state index in [0.717, 1.165) is 18.0 Å². The fourth-order valence-electron chi connectivity index (χ4n) is 1.66. The van der Waals surface area contributed by atoms with E-state index < -0.39 is 0 Å². The Morgan fingerprint density at radius 3 is 2.21 bits per heavy atom. The summed E-state index contributed by atoms with van der Waals surface area (Å²) in [7, 11) is 0. The lowest BCUT2D eigenvalue weighted by atomic mass is 10.3. The fourth-order valence-corrected chi connectivity index (χ4v) is 1.73. The monoisotopic (exact) mass is 216 g/mol. The number of hydrogen-bond donors (Lipinski definition) is 0. The van der Waals surface area contributed by atoms with Gasteiger partial charge < -0.3 is 4.90 Å². The molecule has 0 aromatic carbocycles. The fraction of sp³-hybridized carbons (Fsp3) is 0.818. The topological polar surface area (TPSA) is 6.48 Å². The van der Waals surface area contributed by atoms with Crippen molar-refractivity contribution < 1.29 is 0 Å². The molecule has 1 heterocycles. The van der Waals surface area contributed by atoms with Gasteiger partial charge in [0.25, 0.3) is 0 Å². The van der Waals surface area contributed by atoms with Crippen LogP contribution >= 0.6 is 11.6 Å². The maximum absolute atomic E-state index is 5.96. The molecule has 0 spiro atoms. The van der Waals surface area contributed by atoms with Gasteiger partial charge >= 0.3 is 0 Å². The summed E-state index contributed by atoms with van der Waals surface area (Å²) >= 11 is 5.96. The minimum Gasteiger partial charge on any atom is -0.301 e. The smallest absolute Gasteiger partial charge is 0.0178 e. The third kappa shape index (κ3) is 3.99. The van der Waals surface area contributed by atoms with Crippen LogP contribution in [0, 0.1) is 0 Å². The van der Waals surface area contributed by atoms with E-state index in [1.807, 2.05) is 0 Å². The van der Waals surface area contributed by atoms with E-state index in [9.17, 15) is 0 Å². The van der Waals surface area contributed by atoms with Crippen molar-refractivity contribution in [3.05, 3.63) is 11.1 Å². The van der Waals surface area contributed by atoms with E-state index in [1.54, 1.807) is 0 Å². The van der Waals surface area contributed by atoms with Gasteiger partial charge in [0, 0.05) is 37.8 Å². The van der Waals surface area contributed by atoms with E-state index in [1.165, 1.54) is 32.7 Å². The molecule has 0 aromatic heterocycles. The SMILES string of the molecule is CC/C(Cl)=C/CN1CCN(CC)CC1. The maximum atomic E-state index is 5.96. The Morgan fingerprint density at radius 2 is 1.71 bits per heavy atom. The molecule has 0 aliphatic carbocycles. The molecule has 0 atom stereocenters. The molecule has 0 saturated carbocycles. The molecule has 0 aromatic rings. The van der Waals surface area contributed by atoms with Gasteiger partial charge in [-0.15, -0.1) is 0 Å². The van der Waals surface area contributed by atoms with Gasteiger partial charge in [0.05, 0.1) is 0 Å². The molecule has 14 heavy (non-hydrogen) atoms. The van der Waals surface area contributed by atoms with Crippen molar-refractivity contribution in [1.29, 1.82) is 0 Å². The molecular formula is C11H21ClN2. The average Bonchev–Trinajstić information content (AvgIpc) is 2.26. The molecule has 1 fully saturated rings. The van der Waals surface area contributed by atoms with Crippen LogP contribution in [0.4, 0.5) is 0 Å². The van der Waals surface area contributed by atoms with Gasteiger partial charge in [0.2, 0.25) is 0 Å². The summed E-state index contributed by atoms with van der Waals surface area (Å²) in [6.07, 6.45) is 3.10. The minimum atomic E-state index is 0.955. The minimum absolute atomic E-state index is 0.955. The quantitative estimate of drug-likeness (QED) is 0.711. The summed E-state index contributed by atoms with van der Waals surface area (Å²) in [5.74, 6) is 0. The second-order valence-electron chi connectivity index (χ2n) is 3.74. The Balaban J connectivity index is 2.22. The van der Waals surface area contributed by atoms with Crippen LogP contribution in [0.25, 0.3) is 0 Å². The average molecular weight is 217 g/mol. The molecule has 3 heteroatoms. The predicted molar refractivity (Wildman–Crippen MR) is 62.8 cm³/mol. The zero-order valence-corrected chi connectivity index (χ0v) is 10.1. The Bertz CT molecular complexity index is 184. The van der Waals surface area contributed by atoms with Crippen molar-refractivity contribution in [2.75, 3.05) is 39.3 Å². The second kappa shape index (κ2) is 6.44. The highest BCUT2D eigenvalue weighted by Gasteiger charge is 2.13. The Labute approximate surface area is 92.5 Å². The van der Waals surface area contributed by atoms with Crippen molar-refractivity contribution >= 4 is 11.6 Å². The summed E-state index contributed by atoms with van der Waals surface area (Å²) in [6.45, 7) is 11.3. The van der Waals surface area contributed by atoms with Gasteiger partial charge in [-0.05, 0) is 13.0 Å². The van der Waals surface area contributed by atoms with Crippen LogP contribution in [0.15, 0.2) is 11.1 Å². The standard InChI is InChI=1S/C11H21ClN2/c1-3-11(12)5-6-14-9-7-13(4-2)8-10-14/h5H,3-4,6-10H2,1-2H3/b11-5-. The lowest BCUT2D eigenvalue weighted by Crippen LogP contribution is -2.46. The summed E-state index contributed by atoms with van der Waals surface area (Å²) < 4.78 is 0. The third-order valence-corrected chi connectivity index (χ3v) is 3.24. The Hall–Kier alpha value is -0.0500. The molecule has 0 bridgehead atoms. The van der Waals surface area contributed by atoms with E-state index >= 15 is 0 Å². The van der Waals surface area contributed by atoms with Crippen molar-refractivity contribution in [3.8, 4) is 0 Å². The molecule has 1 aliphatic rings. The van der Waals surface area contributed by atoms with Crippen molar-refractivity contribution in [1.82, 2.24) is 9.80 Å². The highest BCUT2D eigenvalue weighted by atomic mass is 35.5. The molecule has 0 unspecified atom stereocenters. The summed E-state index contributed by atoms with van der Waals surface area (Å²) in [5, 5.41) is 0.989. The predicted octanol–water partition coefficient (Wildman–Crippen LogP) is 2.16. The van der Waals surface area contributed by atoms with Gasteiger partial charge in [0.15, 0.2) is 0 Å². The summed E-state index contributed by atoms with van der Waals surface area (Å²) in [5.41, 5.74) is 0. The van der Waals surface area contributed by atoms with E-state index in [-0.39, 0.29) is 0 Å². The zero-order chi connectivity index (χ0) is 10.4. The summed E-state index contributed by atoms with van der Waals surface area (Å²) in [4.78, 5) is 4.95. The largest absolute Gasteiger partial charge is 0.301 e. The highest BCUT2D eigenvalue weighted by Crippen LogP contribution is 2.07. The third-order valence-electron chi connectivity index (χ3n) is 2.82. The van der Waals surface area contributed by atoms with Crippen molar-refractivity contribution in [2.24, 2.45) is 0 Å². The lowest BCUT2D eigenvalue weighted by Gasteiger charge is -2.33. The first-order valence-electron chi connectivity index (χ1n) is 5.55. The number of piperazine rings is 1. The van der Waals surface area contributed by atoms with Crippen LogP contribution in [0.3, 0.4) is 0 Å². The number of hydrogen-bond acceptors (Lipinski definition) is 2. The van der Waals surface area contributed by atoms with Crippen LogP contribution in [-0.2, 0) is 0 Å². The van der Waals surface area contributed by atoms with E-state index in [0.29, 0.717) is 0 Å². The second-order valence-corrected chi connectivity index (χ2v) is 4.22. The molecule has 1 rings (SSSR count). The molecule has 0 N–H and O–H groups in total. The molecular weight excluding hydrogens is 196 g/mol. The number of likely N-dealkylation sites (N-methyl/N-ethyl adjacent to an activating group) is 1. The van der Waals surface area contributed by atoms with Crippen LogP contribution < -0.4 is 0 Å². The van der Waals surface area contributed by atoms with E-state index in [4.69, 9.17) is 11.6 Å². The Kier molecular flexibility index (Phi) is 5.53. The number of allylic oxidation sites excluding steroid dienone is 1. The van der Waals surface area contributed by atoms with Crippen LogP contribution in [0.2, 0.25) is 0 Å². The van der Waals surface area contributed by atoms with Crippen LogP contribution in [-0.4, -0.2) is 49.1 Å². The van der Waals surface area contributed by atoms with Gasteiger partial charge in [-0.1, -0.05) is 31.5 Å². The van der Waals surface area contributed by atoms with Gasteiger partial charge in [-0.25, -0.2) is 0 Å². The highest BCUT2D eigenvalue weighted by molar-refractivity contribution is 6.29. The number of halogens is 1. The first-order chi connectivity index (χ1) is 6.76. The molecule has 0 amide bonds. The molecule has 1 saturated heterocycles. The van der Waals surface area contributed by atoms with Gasteiger partial charge in [-0.2, -0.15) is 0 Å². The van der Waals surface area contributed by atoms with Crippen LogP contribution in [0.1, 0.15) is 20.3 Å². The number of nitrogens with zero attached hydrogens (tertiary/aromatic N) is 2. The van der Waals surface area contributed by atoms with Crippen molar-refractivity contribution in [2.45, 2.75) is 20.3 Å². The van der Waals surface area contributed by atoms with E-state index in [2.05, 4.69) is 29.7 Å². The normalized spacial score (nSPS) is 21.5. The molecule has 1 aliphatic heterocycles. The Morgan fingerprint density at radius 1 is 1.14 bits per heavy atom. The van der Waals surface area contributed by atoms with Crippen molar-refractivity contribution in [3.63, 3.8) is 0 Å². The van der Waals surface area contributed by atoms with Gasteiger partial charge in [-0.3, -0.25) is 4.90 Å². The molecule has 0 radical (unpaired) electrons. The lowest BCUT2D eigenvalue weighted by molar-refractivity contribution is 0.148. The summed E-state index contributed by atoms with van der Waals surface area (Å²) in [6, 6.07) is 0. The molecule has 82 valence electrons. The molecule has 2 nitrogen and oxygen atoms in total. The first-order valence-corrected chi connectivity index (χ1v) is 5.93. The number of rotatable bonds is 4. The first kappa shape index (κ1) is 12.0.